The summed E-state index contributed by atoms with van der Waals surface area (Å²) in [5, 5.41) is 3.17. The van der Waals surface area contributed by atoms with E-state index >= 15 is 0 Å². The molecule has 0 radical (unpaired) electrons. The zero-order valence-electron chi connectivity index (χ0n) is 18.1. The third-order valence-electron chi connectivity index (χ3n) is 7.55. The van der Waals surface area contributed by atoms with E-state index in [4.69, 9.17) is 14.2 Å². The summed E-state index contributed by atoms with van der Waals surface area (Å²) in [5.41, 5.74) is 2.63. The maximum atomic E-state index is 12.7. The van der Waals surface area contributed by atoms with Crippen LogP contribution in [0.1, 0.15) is 34.5 Å². The molecule has 2 bridgehead atoms. The second-order valence-corrected chi connectivity index (χ2v) is 9.58. The van der Waals surface area contributed by atoms with Crippen molar-refractivity contribution in [2.24, 2.45) is 17.8 Å². The van der Waals surface area contributed by atoms with Crippen molar-refractivity contribution in [3.63, 3.8) is 0 Å². The van der Waals surface area contributed by atoms with Gasteiger partial charge in [0.2, 0.25) is 0 Å². The van der Waals surface area contributed by atoms with Gasteiger partial charge >= 0.3 is 0 Å². The van der Waals surface area contributed by atoms with Crippen molar-refractivity contribution in [3.8, 4) is 0 Å². The van der Waals surface area contributed by atoms with Crippen LogP contribution in [0.3, 0.4) is 0 Å². The Morgan fingerprint density at radius 3 is 2.87 bits per heavy atom. The number of carbonyl (C=O) groups is 1. The molecule has 5 rings (SSSR count). The van der Waals surface area contributed by atoms with Crippen molar-refractivity contribution in [3.05, 3.63) is 29.1 Å². The Hall–Kier alpha value is -1.54. The maximum Gasteiger partial charge on any atom is 0.252 e. The number of hydrogen-bond acceptors (Lipinski definition) is 6. The van der Waals surface area contributed by atoms with Crippen LogP contribution in [0.25, 0.3) is 0 Å². The molecule has 4 saturated heterocycles. The molecule has 1 amide bonds. The van der Waals surface area contributed by atoms with Crippen LogP contribution in [-0.2, 0) is 14.2 Å². The quantitative estimate of drug-likeness (QED) is 0.787. The first-order chi connectivity index (χ1) is 14.5. The van der Waals surface area contributed by atoms with Gasteiger partial charge in [-0.05, 0) is 38.3 Å². The maximum absolute atomic E-state index is 12.7. The van der Waals surface area contributed by atoms with Crippen molar-refractivity contribution >= 4 is 5.91 Å². The van der Waals surface area contributed by atoms with Gasteiger partial charge in [0.1, 0.15) is 0 Å². The van der Waals surface area contributed by atoms with Crippen LogP contribution in [0.5, 0.6) is 0 Å². The summed E-state index contributed by atoms with van der Waals surface area (Å²) in [4.78, 5) is 19.6. The van der Waals surface area contributed by atoms with Gasteiger partial charge in [0.05, 0.1) is 43.7 Å². The van der Waals surface area contributed by atoms with Gasteiger partial charge in [-0.3, -0.25) is 14.7 Å². The van der Waals surface area contributed by atoms with Gasteiger partial charge in [-0.15, -0.1) is 0 Å². The van der Waals surface area contributed by atoms with Gasteiger partial charge in [-0.2, -0.15) is 0 Å². The molecule has 1 aromatic heterocycles. The second-order valence-electron chi connectivity index (χ2n) is 9.58. The molecule has 30 heavy (non-hydrogen) atoms. The minimum Gasteiger partial charge on any atom is -0.379 e. The van der Waals surface area contributed by atoms with Gasteiger partial charge in [-0.25, -0.2) is 0 Å². The first kappa shape index (κ1) is 20.4. The molecule has 1 aromatic rings. The fraction of sp³-hybridized carbons (Fsp3) is 0.739. The van der Waals surface area contributed by atoms with Crippen LogP contribution in [0.15, 0.2) is 12.3 Å². The average molecular weight is 416 g/mol. The van der Waals surface area contributed by atoms with E-state index in [1.807, 2.05) is 19.9 Å². The highest BCUT2D eigenvalue weighted by molar-refractivity contribution is 5.94. The predicted molar refractivity (Wildman–Crippen MR) is 111 cm³/mol. The highest BCUT2D eigenvalue weighted by Gasteiger charge is 2.62. The number of ether oxygens (including phenoxy) is 3. The number of pyridine rings is 1. The zero-order valence-corrected chi connectivity index (χ0v) is 18.1. The average Bonchev–Trinajstić information content (AvgIpc) is 3.30. The second kappa shape index (κ2) is 8.19. The number of hydrogen-bond donors (Lipinski definition) is 1. The molecule has 5 heterocycles. The number of aromatic nitrogens is 1. The number of likely N-dealkylation sites (tertiary alicyclic amines) is 1. The number of fused-ring (bicyclic) bond motifs is 1. The van der Waals surface area contributed by atoms with E-state index in [2.05, 4.69) is 15.2 Å². The lowest BCUT2D eigenvalue weighted by Gasteiger charge is -2.29. The molecule has 0 unspecified atom stereocenters. The largest absolute Gasteiger partial charge is 0.379 e. The smallest absolute Gasteiger partial charge is 0.252 e. The van der Waals surface area contributed by atoms with E-state index in [1.54, 1.807) is 6.20 Å². The van der Waals surface area contributed by atoms with E-state index in [1.165, 1.54) is 0 Å². The SMILES string of the molecule is Cc1cc(C(=O)NC[C@H]2[C@H]3CN(CC4COCCOC4)C[C@]34CC[C@H]2O4)cnc1C. The Morgan fingerprint density at radius 1 is 1.30 bits per heavy atom. The molecular weight excluding hydrogens is 382 g/mol. The first-order valence-electron chi connectivity index (χ1n) is 11.3. The standard InChI is InChI=1S/C23H33N3O4/c1-15-7-18(8-24-16(15)2)22(27)25-9-19-20-11-26(10-17-12-28-5-6-29-13-17)14-23(20)4-3-21(19)30-23/h7-8,17,19-21H,3-6,9-14H2,1-2H3,(H,25,27)/t19-,20+,21+,23+/m0/s1. The molecule has 1 spiro atoms. The summed E-state index contributed by atoms with van der Waals surface area (Å²) in [5.74, 6) is 1.26. The Bertz CT molecular complexity index is 795. The summed E-state index contributed by atoms with van der Waals surface area (Å²) in [6.07, 6.45) is 4.19. The Balaban J connectivity index is 1.20. The lowest BCUT2D eigenvalue weighted by atomic mass is 9.73. The summed E-state index contributed by atoms with van der Waals surface area (Å²) in [7, 11) is 0. The number of rotatable bonds is 5. The van der Waals surface area contributed by atoms with Crippen molar-refractivity contribution < 1.29 is 19.0 Å². The van der Waals surface area contributed by atoms with Crippen LogP contribution < -0.4 is 5.32 Å². The minimum absolute atomic E-state index is 0.0193. The van der Waals surface area contributed by atoms with E-state index in [0.29, 0.717) is 43.1 Å². The summed E-state index contributed by atoms with van der Waals surface area (Å²) in [6, 6.07) is 1.92. The van der Waals surface area contributed by atoms with Crippen LogP contribution in [0.4, 0.5) is 0 Å². The molecule has 4 aliphatic rings. The number of nitrogens with one attached hydrogen (secondary N) is 1. The van der Waals surface area contributed by atoms with Crippen molar-refractivity contribution in [2.75, 3.05) is 52.6 Å². The Labute approximate surface area is 178 Å². The van der Waals surface area contributed by atoms with Crippen LogP contribution in [0.2, 0.25) is 0 Å². The summed E-state index contributed by atoms with van der Waals surface area (Å²) in [6.45, 7) is 10.6. The summed E-state index contributed by atoms with van der Waals surface area (Å²) < 4.78 is 17.9. The third-order valence-corrected chi connectivity index (χ3v) is 7.55. The Kier molecular flexibility index (Phi) is 5.56. The lowest BCUT2D eigenvalue weighted by molar-refractivity contribution is -0.000433. The van der Waals surface area contributed by atoms with Gasteiger partial charge in [-0.1, -0.05) is 0 Å². The highest BCUT2D eigenvalue weighted by atomic mass is 16.5. The van der Waals surface area contributed by atoms with E-state index in [-0.39, 0.29) is 17.6 Å². The van der Waals surface area contributed by atoms with E-state index < -0.39 is 0 Å². The Morgan fingerprint density at radius 2 is 2.10 bits per heavy atom. The molecule has 7 nitrogen and oxygen atoms in total. The molecule has 4 atom stereocenters. The van der Waals surface area contributed by atoms with Crippen LogP contribution >= 0.6 is 0 Å². The van der Waals surface area contributed by atoms with Gasteiger partial charge in [0.15, 0.2) is 0 Å². The zero-order chi connectivity index (χ0) is 20.7. The summed E-state index contributed by atoms with van der Waals surface area (Å²) >= 11 is 0. The molecule has 1 N–H and O–H groups in total. The van der Waals surface area contributed by atoms with E-state index in [9.17, 15) is 4.79 Å². The highest BCUT2D eigenvalue weighted by Crippen LogP contribution is 2.54. The van der Waals surface area contributed by atoms with Crippen molar-refractivity contribution in [1.29, 1.82) is 0 Å². The lowest BCUT2D eigenvalue weighted by Crippen LogP contribution is -2.41. The number of amides is 1. The molecular formula is C23H33N3O4. The fourth-order valence-electron chi connectivity index (χ4n) is 5.92. The number of aryl methyl sites for hydroxylation is 2. The van der Waals surface area contributed by atoms with Crippen LogP contribution in [-0.4, -0.2) is 80.1 Å². The van der Waals surface area contributed by atoms with Gasteiger partial charge < -0.3 is 19.5 Å². The van der Waals surface area contributed by atoms with Crippen molar-refractivity contribution in [1.82, 2.24) is 15.2 Å². The van der Waals surface area contributed by atoms with Gasteiger partial charge in [0, 0.05) is 55.8 Å². The first-order valence-corrected chi connectivity index (χ1v) is 11.3. The molecule has 4 fully saturated rings. The molecule has 164 valence electrons. The van der Waals surface area contributed by atoms with Crippen molar-refractivity contribution in [2.45, 2.75) is 38.4 Å². The third kappa shape index (κ3) is 3.77. The molecule has 0 aliphatic carbocycles. The molecule has 0 aromatic carbocycles. The number of nitrogens with zero attached hydrogens (tertiary/aromatic N) is 2. The minimum atomic E-state index is -0.0370. The van der Waals surface area contributed by atoms with Crippen LogP contribution in [0, 0.1) is 31.6 Å². The monoisotopic (exact) mass is 415 g/mol. The van der Waals surface area contributed by atoms with Gasteiger partial charge in [0.25, 0.3) is 5.91 Å². The fourth-order valence-corrected chi connectivity index (χ4v) is 5.92. The molecule has 4 aliphatic heterocycles. The molecule has 0 saturated carbocycles. The molecule has 7 heteroatoms. The number of carbonyl (C=O) groups excluding carboxylic acids is 1. The van der Waals surface area contributed by atoms with E-state index in [0.717, 1.165) is 56.9 Å². The normalized spacial score (nSPS) is 34.1. The topological polar surface area (TPSA) is 72.9 Å². The predicted octanol–water partition coefficient (Wildman–Crippen LogP) is 1.57.